The van der Waals surface area contributed by atoms with Crippen molar-refractivity contribution in [2.45, 2.75) is 12.8 Å². The van der Waals surface area contributed by atoms with Crippen LogP contribution in [0.25, 0.3) is 0 Å². The number of hydrogen-bond acceptors (Lipinski definition) is 3. The predicted molar refractivity (Wildman–Crippen MR) is 99.2 cm³/mol. The summed E-state index contributed by atoms with van der Waals surface area (Å²) in [6.07, 6.45) is 1.49. The lowest BCUT2D eigenvalue weighted by molar-refractivity contribution is -0.124. The molecule has 0 aliphatic rings. The van der Waals surface area contributed by atoms with E-state index in [2.05, 4.69) is 38.4 Å². The van der Waals surface area contributed by atoms with E-state index >= 15 is 0 Å². The molecule has 0 spiro atoms. The molecule has 0 aliphatic heterocycles. The number of rotatable bonds is 6. The average molecular weight is 439 g/mol. The zero-order valence-electron chi connectivity index (χ0n) is 12.6. The minimum absolute atomic E-state index is 0.0238. The van der Waals surface area contributed by atoms with Gasteiger partial charge in [-0.15, -0.1) is 0 Å². The van der Waals surface area contributed by atoms with Crippen molar-refractivity contribution in [2.24, 2.45) is 5.10 Å². The summed E-state index contributed by atoms with van der Waals surface area (Å²) in [5, 5.41) is 6.52. The highest BCUT2D eigenvalue weighted by Crippen LogP contribution is 2.17. The van der Waals surface area contributed by atoms with Gasteiger partial charge in [-0.2, -0.15) is 5.10 Å². The molecular weight excluding hydrogens is 424 g/mol. The molecule has 0 heterocycles. The van der Waals surface area contributed by atoms with Crippen molar-refractivity contribution in [3.05, 3.63) is 63.5 Å². The van der Waals surface area contributed by atoms with Crippen molar-refractivity contribution in [2.75, 3.05) is 5.32 Å². The summed E-state index contributed by atoms with van der Waals surface area (Å²) in [6.45, 7) is 0. The fourth-order valence-corrected chi connectivity index (χ4v) is 2.31. The summed E-state index contributed by atoms with van der Waals surface area (Å²) < 4.78 is 13.7. The molecule has 0 saturated carbocycles. The number of para-hydroxylation sites is 1. The van der Waals surface area contributed by atoms with Crippen LogP contribution in [0.3, 0.4) is 0 Å². The Kier molecular flexibility index (Phi) is 6.86. The van der Waals surface area contributed by atoms with E-state index in [1.54, 1.807) is 18.2 Å². The SMILES string of the molecule is O=C(CCC(=O)Nc1ccccc1I)N/N=C\c1ccc(F)cc1. The van der Waals surface area contributed by atoms with Gasteiger partial charge in [0.25, 0.3) is 0 Å². The Hall–Kier alpha value is -2.29. The molecule has 2 N–H and O–H groups in total. The van der Waals surface area contributed by atoms with Gasteiger partial charge in [0.1, 0.15) is 5.82 Å². The first kappa shape index (κ1) is 18.1. The normalized spacial score (nSPS) is 10.6. The highest BCUT2D eigenvalue weighted by Gasteiger charge is 2.08. The Balaban J connectivity index is 1.73. The minimum Gasteiger partial charge on any atom is -0.325 e. The molecule has 0 aromatic heterocycles. The van der Waals surface area contributed by atoms with Gasteiger partial charge in [-0.1, -0.05) is 24.3 Å². The van der Waals surface area contributed by atoms with Gasteiger partial charge >= 0.3 is 0 Å². The second-order valence-electron chi connectivity index (χ2n) is 4.87. The van der Waals surface area contributed by atoms with Gasteiger partial charge in [0.05, 0.1) is 11.9 Å². The monoisotopic (exact) mass is 439 g/mol. The van der Waals surface area contributed by atoms with Gasteiger partial charge in [-0.05, 0) is 52.4 Å². The molecule has 0 unspecified atom stereocenters. The molecule has 7 heteroatoms. The number of halogens is 2. The number of benzene rings is 2. The minimum atomic E-state index is -0.369. The number of hydrogen-bond donors (Lipinski definition) is 2. The van der Waals surface area contributed by atoms with Crippen LogP contribution in [-0.2, 0) is 9.59 Å². The van der Waals surface area contributed by atoms with E-state index in [4.69, 9.17) is 0 Å². The summed E-state index contributed by atoms with van der Waals surface area (Å²) in [5.74, 6) is -0.946. The van der Waals surface area contributed by atoms with Crippen molar-refractivity contribution in [1.82, 2.24) is 5.43 Å². The third-order valence-electron chi connectivity index (χ3n) is 3.00. The topological polar surface area (TPSA) is 70.6 Å². The number of carbonyl (C=O) groups is 2. The lowest BCUT2D eigenvalue weighted by Crippen LogP contribution is -2.20. The lowest BCUT2D eigenvalue weighted by Gasteiger charge is -2.06. The fraction of sp³-hybridized carbons (Fsp3) is 0.118. The van der Waals surface area contributed by atoms with E-state index in [-0.39, 0.29) is 30.5 Å². The van der Waals surface area contributed by atoms with Crippen molar-refractivity contribution in [3.63, 3.8) is 0 Å². The third kappa shape index (κ3) is 6.07. The Labute approximate surface area is 152 Å². The largest absolute Gasteiger partial charge is 0.325 e. The van der Waals surface area contributed by atoms with Crippen LogP contribution in [0.2, 0.25) is 0 Å². The predicted octanol–water partition coefficient (Wildman–Crippen LogP) is 3.30. The molecule has 2 aromatic carbocycles. The molecular formula is C17H15FIN3O2. The Morgan fingerprint density at radius 3 is 2.42 bits per heavy atom. The maximum absolute atomic E-state index is 12.7. The maximum atomic E-state index is 12.7. The second kappa shape index (κ2) is 9.11. The standard InChI is InChI=1S/C17H15FIN3O2/c18-13-7-5-12(6-8-13)11-20-22-17(24)10-9-16(23)21-15-4-2-1-3-14(15)19/h1-8,11H,9-10H2,(H,21,23)(H,22,24)/b20-11-. The molecule has 0 radical (unpaired) electrons. The van der Waals surface area contributed by atoms with Gasteiger partial charge in [-0.25, -0.2) is 9.82 Å². The first-order valence-corrected chi connectivity index (χ1v) is 8.24. The molecule has 0 bridgehead atoms. The van der Waals surface area contributed by atoms with Crippen LogP contribution in [0, 0.1) is 9.39 Å². The number of nitrogens with zero attached hydrogens (tertiary/aromatic N) is 1. The maximum Gasteiger partial charge on any atom is 0.240 e. The Bertz CT molecular complexity index is 748. The molecule has 2 rings (SSSR count). The van der Waals surface area contributed by atoms with Gasteiger partial charge in [0.2, 0.25) is 11.8 Å². The highest BCUT2D eigenvalue weighted by molar-refractivity contribution is 14.1. The first-order valence-electron chi connectivity index (χ1n) is 7.16. The summed E-state index contributed by atoms with van der Waals surface area (Å²) in [6, 6.07) is 13.1. The Morgan fingerprint density at radius 1 is 1.04 bits per heavy atom. The van der Waals surface area contributed by atoms with E-state index in [0.29, 0.717) is 5.56 Å². The van der Waals surface area contributed by atoms with Crippen LogP contribution in [0.1, 0.15) is 18.4 Å². The number of carbonyl (C=O) groups excluding carboxylic acids is 2. The molecule has 0 fully saturated rings. The summed E-state index contributed by atoms with van der Waals surface area (Å²) >= 11 is 2.12. The quantitative estimate of drug-likeness (QED) is 0.412. The molecule has 24 heavy (non-hydrogen) atoms. The van der Waals surface area contributed by atoms with Crippen molar-refractivity contribution < 1.29 is 14.0 Å². The number of amides is 2. The number of nitrogens with one attached hydrogen (secondary N) is 2. The van der Waals surface area contributed by atoms with Crippen LogP contribution < -0.4 is 10.7 Å². The molecule has 0 saturated heterocycles. The van der Waals surface area contributed by atoms with Crippen molar-refractivity contribution >= 4 is 46.3 Å². The molecule has 0 aliphatic carbocycles. The molecule has 124 valence electrons. The van der Waals surface area contributed by atoms with E-state index in [9.17, 15) is 14.0 Å². The second-order valence-corrected chi connectivity index (χ2v) is 6.03. The zero-order chi connectivity index (χ0) is 17.4. The van der Waals surface area contributed by atoms with Gasteiger partial charge < -0.3 is 5.32 Å². The smallest absolute Gasteiger partial charge is 0.240 e. The fourth-order valence-electron chi connectivity index (χ4n) is 1.79. The van der Waals surface area contributed by atoms with Crippen LogP contribution in [0.5, 0.6) is 0 Å². The average Bonchev–Trinajstić information content (AvgIpc) is 2.57. The third-order valence-corrected chi connectivity index (χ3v) is 3.94. The number of anilines is 1. The van der Waals surface area contributed by atoms with Gasteiger partial charge in [0, 0.05) is 16.4 Å². The van der Waals surface area contributed by atoms with Crippen LogP contribution in [-0.4, -0.2) is 18.0 Å². The van der Waals surface area contributed by atoms with E-state index in [1.807, 2.05) is 18.2 Å². The van der Waals surface area contributed by atoms with Crippen LogP contribution in [0.15, 0.2) is 53.6 Å². The van der Waals surface area contributed by atoms with Crippen molar-refractivity contribution in [3.8, 4) is 0 Å². The highest BCUT2D eigenvalue weighted by atomic mass is 127. The Morgan fingerprint density at radius 2 is 1.71 bits per heavy atom. The molecule has 0 atom stereocenters. The van der Waals surface area contributed by atoms with Crippen molar-refractivity contribution in [1.29, 1.82) is 0 Å². The first-order chi connectivity index (χ1) is 11.5. The zero-order valence-corrected chi connectivity index (χ0v) is 14.8. The van der Waals surface area contributed by atoms with E-state index in [1.165, 1.54) is 18.3 Å². The molecule has 2 aromatic rings. The van der Waals surface area contributed by atoms with Crippen LogP contribution >= 0.6 is 22.6 Å². The van der Waals surface area contributed by atoms with E-state index in [0.717, 1.165) is 9.26 Å². The lowest BCUT2D eigenvalue weighted by atomic mass is 10.2. The summed E-state index contributed by atoms with van der Waals surface area (Å²) in [5.41, 5.74) is 3.71. The summed E-state index contributed by atoms with van der Waals surface area (Å²) in [7, 11) is 0. The van der Waals surface area contributed by atoms with Gasteiger partial charge in [-0.3, -0.25) is 9.59 Å². The number of hydrazone groups is 1. The molecule has 2 amide bonds. The molecule has 5 nitrogen and oxygen atoms in total. The van der Waals surface area contributed by atoms with Gasteiger partial charge in [0.15, 0.2) is 0 Å². The van der Waals surface area contributed by atoms with Crippen LogP contribution in [0.4, 0.5) is 10.1 Å². The summed E-state index contributed by atoms with van der Waals surface area (Å²) in [4.78, 5) is 23.5. The van der Waals surface area contributed by atoms with E-state index < -0.39 is 0 Å².